The standard InChI is InChI=1S/C26H24FN3O2/c1-2-16-32-24-14-10-19(11-15-24)25-21(18-30(29-25)23-6-4-3-5-7-23)17-28-26(31)20-8-12-22(27)13-9-20/h3-15,18H,2,16-17H2,1H3,(H,28,31). The normalized spacial score (nSPS) is 10.7. The van der Waals surface area contributed by atoms with Crippen molar-refractivity contribution in [3.05, 3.63) is 102 Å². The van der Waals surface area contributed by atoms with Gasteiger partial charge in [-0.05, 0) is 67.1 Å². The number of carbonyl (C=O) groups is 1. The molecular formula is C26H24FN3O2. The molecule has 4 rings (SSSR count). The third-order valence-corrected chi connectivity index (χ3v) is 4.96. The van der Waals surface area contributed by atoms with Gasteiger partial charge in [-0.25, -0.2) is 9.07 Å². The molecule has 0 saturated carbocycles. The fourth-order valence-electron chi connectivity index (χ4n) is 3.30. The van der Waals surface area contributed by atoms with Crippen LogP contribution in [0.1, 0.15) is 29.3 Å². The van der Waals surface area contributed by atoms with Crippen LogP contribution in [-0.4, -0.2) is 22.3 Å². The third kappa shape index (κ3) is 5.03. The van der Waals surface area contributed by atoms with Gasteiger partial charge in [0.25, 0.3) is 5.91 Å². The molecule has 0 aliphatic rings. The van der Waals surface area contributed by atoms with Gasteiger partial charge in [0.05, 0.1) is 18.0 Å². The molecule has 0 unspecified atom stereocenters. The van der Waals surface area contributed by atoms with E-state index in [1.165, 1.54) is 24.3 Å². The Kier molecular flexibility index (Phi) is 6.60. The van der Waals surface area contributed by atoms with Crippen LogP contribution in [0.25, 0.3) is 16.9 Å². The molecule has 5 nitrogen and oxygen atoms in total. The molecule has 3 aromatic carbocycles. The van der Waals surface area contributed by atoms with Crippen molar-refractivity contribution in [3.8, 4) is 22.7 Å². The number of ether oxygens (including phenoxy) is 1. The Labute approximate surface area is 186 Å². The molecule has 1 N–H and O–H groups in total. The number of amides is 1. The summed E-state index contributed by atoms with van der Waals surface area (Å²) in [6.07, 6.45) is 2.86. The summed E-state index contributed by atoms with van der Waals surface area (Å²) in [5.74, 6) is 0.162. The van der Waals surface area contributed by atoms with Crippen LogP contribution in [0.4, 0.5) is 4.39 Å². The maximum Gasteiger partial charge on any atom is 0.251 e. The number of nitrogens with one attached hydrogen (secondary N) is 1. The second-order valence-corrected chi connectivity index (χ2v) is 7.35. The number of nitrogens with zero attached hydrogens (tertiary/aromatic N) is 2. The van der Waals surface area contributed by atoms with Crippen LogP contribution < -0.4 is 10.1 Å². The topological polar surface area (TPSA) is 56.1 Å². The maximum absolute atomic E-state index is 13.2. The van der Waals surface area contributed by atoms with E-state index in [0.717, 1.165) is 34.7 Å². The molecule has 1 heterocycles. The van der Waals surface area contributed by atoms with Crippen LogP contribution in [-0.2, 0) is 6.54 Å². The van der Waals surface area contributed by atoms with Gasteiger partial charge in [0.15, 0.2) is 0 Å². The Morgan fingerprint density at radius 2 is 1.72 bits per heavy atom. The molecule has 0 radical (unpaired) electrons. The summed E-state index contributed by atoms with van der Waals surface area (Å²) >= 11 is 0. The zero-order valence-electron chi connectivity index (χ0n) is 17.8. The summed E-state index contributed by atoms with van der Waals surface area (Å²) in [7, 11) is 0. The van der Waals surface area contributed by atoms with E-state index in [0.29, 0.717) is 12.2 Å². The van der Waals surface area contributed by atoms with E-state index in [1.54, 1.807) is 4.68 Å². The van der Waals surface area contributed by atoms with Crippen LogP contribution in [0.5, 0.6) is 5.75 Å². The van der Waals surface area contributed by atoms with Gasteiger partial charge in [-0.2, -0.15) is 5.10 Å². The molecule has 0 spiro atoms. The van der Waals surface area contributed by atoms with Gasteiger partial charge < -0.3 is 10.1 Å². The average Bonchev–Trinajstić information content (AvgIpc) is 3.27. The molecule has 0 saturated heterocycles. The van der Waals surface area contributed by atoms with Crippen LogP contribution in [0.15, 0.2) is 85.1 Å². The van der Waals surface area contributed by atoms with Gasteiger partial charge in [-0.3, -0.25) is 4.79 Å². The Bertz CT molecular complexity index is 1170. The Morgan fingerprint density at radius 1 is 1.00 bits per heavy atom. The maximum atomic E-state index is 13.2. The van der Waals surface area contributed by atoms with Crippen molar-refractivity contribution < 1.29 is 13.9 Å². The second-order valence-electron chi connectivity index (χ2n) is 7.35. The summed E-state index contributed by atoms with van der Waals surface area (Å²) < 4.78 is 20.6. The van der Waals surface area contributed by atoms with Crippen LogP contribution in [0.3, 0.4) is 0 Å². The molecule has 4 aromatic rings. The first-order valence-corrected chi connectivity index (χ1v) is 10.5. The number of carbonyl (C=O) groups excluding carboxylic acids is 1. The van der Waals surface area contributed by atoms with Crippen molar-refractivity contribution in [2.45, 2.75) is 19.9 Å². The Balaban J connectivity index is 1.60. The molecular weight excluding hydrogens is 405 g/mol. The first-order chi connectivity index (χ1) is 15.6. The lowest BCUT2D eigenvalue weighted by Gasteiger charge is -2.07. The monoisotopic (exact) mass is 429 g/mol. The second kappa shape index (κ2) is 9.92. The van der Waals surface area contributed by atoms with E-state index in [9.17, 15) is 9.18 Å². The van der Waals surface area contributed by atoms with Gasteiger partial charge in [0, 0.05) is 29.4 Å². The van der Waals surface area contributed by atoms with Crippen LogP contribution >= 0.6 is 0 Å². The van der Waals surface area contributed by atoms with Gasteiger partial charge in [0.1, 0.15) is 11.6 Å². The number of hydrogen-bond acceptors (Lipinski definition) is 3. The zero-order valence-corrected chi connectivity index (χ0v) is 17.8. The van der Waals surface area contributed by atoms with Crippen molar-refractivity contribution >= 4 is 5.91 Å². The summed E-state index contributed by atoms with van der Waals surface area (Å²) in [5.41, 5.74) is 3.89. The minimum Gasteiger partial charge on any atom is -0.494 e. The predicted molar refractivity (Wildman–Crippen MR) is 122 cm³/mol. The number of halogens is 1. The van der Waals surface area contributed by atoms with Gasteiger partial charge in [0.2, 0.25) is 0 Å². The molecule has 1 amide bonds. The number of aromatic nitrogens is 2. The molecule has 32 heavy (non-hydrogen) atoms. The SMILES string of the molecule is CCCOc1ccc(-c2nn(-c3ccccc3)cc2CNC(=O)c2ccc(F)cc2)cc1. The minimum absolute atomic E-state index is 0.272. The number of rotatable bonds is 8. The lowest BCUT2D eigenvalue weighted by Crippen LogP contribution is -2.22. The fourth-order valence-corrected chi connectivity index (χ4v) is 3.30. The average molecular weight is 429 g/mol. The molecule has 6 heteroatoms. The summed E-state index contributed by atoms with van der Waals surface area (Å²) in [6.45, 7) is 3.02. The molecule has 0 bridgehead atoms. The molecule has 0 atom stereocenters. The summed E-state index contributed by atoms with van der Waals surface area (Å²) in [4.78, 5) is 12.5. The van der Waals surface area contributed by atoms with E-state index >= 15 is 0 Å². The first kappa shape index (κ1) is 21.3. The van der Waals surface area contributed by atoms with Crippen molar-refractivity contribution in [3.63, 3.8) is 0 Å². The zero-order chi connectivity index (χ0) is 22.3. The molecule has 0 aliphatic heterocycles. The van der Waals surface area contributed by atoms with E-state index in [2.05, 4.69) is 12.2 Å². The number of hydrogen-bond donors (Lipinski definition) is 1. The molecule has 0 aliphatic carbocycles. The fraction of sp³-hybridized carbons (Fsp3) is 0.154. The lowest BCUT2D eigenvalue weighted by molar-refractivity contribution is 0.0951. The van der Waals surface area contributed by atoms with Crippen molar-refractivity contribution in [1.29, 1.82) is 0 Å². The van der Waals surface area contributed by atoms with Gasteiger partial charge >= 0.3 is 0 Å². The van der Waals surface area contributed by atoms with Crippen LogP contribution in [0.2, 0.25) is 0 Å². The third-order valence-electron chi connectivity index (χ3n) is 4.96. The highest BCUT2D eigenvalue weighted by molar-refractivity contribution is 5.94. The lowest BCUT2D eigenvalue weighted by atomic mass is 10.1. The first-order valence-electron chi connectivity index (χ1n) is 10.5. The quantitative estimate of drug-likeness (QED) is 0.408. The van der Waals surface area contributed by atoms with E-state index < -0.39 is 0 Å². The van der Waals surface area contributed by atoms with Gasteiger partial charge in [-0.15, -0.1) is 0 Å². The van der Waals surface area contributed by atoms with Crippen molar-refractivity contribution in [1.82, 2.24) is 15.1 Å². The Hall–Kier alpha value is -3.93. The molecule has 0 fully saturated rings. The van der Waals surface area contributed by atoms with E-state index in [4.69, 9.17) is 9.84 Å². The smallest absolute Gasteiger partial charge is 0.251 e. The van der Waals surface area contributed by atoms with Crippen LogP contribution in [0, 0.1) is 5.82 Å². The largest absolute Gasteiger partial charge is 0.494 e. The molecule has 162 valence electrons. The van der Waals surface area contributed by atoms with Crippen molar-refractivity contribution in [2.75, 3.05) is 6.61 Å². The van der Waals surface area contributed by atoms with E-state index in [-0.39, 0.29) is 18.3 Å². The minimum atomic E-state index is -0.376. The van der Waals surface area contributed by atoms with Gasteiger partial charge in [-0.1, -0.05) is 25.1 Å². The predicted octanol–water partition coefficient (Wildman–Crippen LogP) is 5.40. The molecule has 1 aromatic heterocycles. The number of para-hydroxylation sites is 1. The van der Waals surface area contributed by atoms with Crippen molar-refractivity contribution in [2.24, 2.45) is 0 Å². The summed E-state index contributed by atoms with van der Waals surface area (Å²) in [6, 6.07) is 23.1. The van der Waals surface area contributed by atoms with E-state index in [1.807, 2.05) is 60.8 Å². The Morgan fingerprint density at radius 3 is 2.41 bits per heavy atom. The highest BCUT2D eigenvalue weighted by atomic mass is 19.1. The summed E-state index contributed by atoms with van der Waals surface area (Å²) in [5, 5.41) is 7.69. The number of benzene rings is 3. The highest BCUT2D eigenvalue weighted by Gasteiger charge is 2.14. The highest BCUT2D eigenvalue weighted by Crippen LogP contribution is 2.26.